The molecule has 20 heavy (non-hydrogen) atoms. The van der Waals surface area contributed by atoms with Crippen LogP contribution in [-0.4, -0.2) is 8.42 Å². The van der Waals surface area contributed by atoms with Crippen molar-refractivity contribution < 1.29 is 12.8 Å². The summed E-state index contributed by atoms with van der Waals surface area (Å²) in [5.41, 5.74) is 0.841. The van der Waals surface area contributed by atoms with Gasteiger partial charge in [-0.3, -0.25) is 0 Å². The zero-order chi connectivity index (χ0) is 14.8. The van der Waals surface area contributed by atoms with Crippen molar-refractivity contribution in [2.24, 2.45) is 0 Å². The second kappa shape index (κ2) is 6.03. The van der Waals surface area contributed by atoms with Crippen LogP contribution in [0.3, 0.4) is 0 Å². The molecule has 0 saturated heterocycles. The first-order valence-corrected chi connectivity index (χ1v) is 8.20. The van der Waals surface area contributed by atoms with Crippen molar-refractivity contribution in [3.63, 3.8) is 0 Å². The van der Waals surface area contributed by atoms with Crippen LogP contribution >= 0.6 is 15.9 Å². The summed E-state index contributed by atoms with van der Waals surface area (Å²) < 4.78 is 40.6. The number of hydrogen-bond acceptors (Lipinski definition) is 2. The predicted octanol–water partition coefficient (Wildman–Crippen LogP) is 3.63. The monoisotopic (exact) mass is 357 g/mol. The Morgan fingerprint density at radius 3 is 2.40 bits per heavy atom. The number of halogens is 2. The van der Waals surface area contributed by atoms with Gasteiger partial charge in [0.15, 0.2) is 0 Å². The standard InChI is InChI=1S/C14H13BrFNO2S/c1-10(11-5-3-2-4-6-11)17-20(18,19)12-7-8-13(15)14(16)9-12/h2-10,17H,1H3/t10-/m0/s1. The SMILES string of the molecule is C[C@H](NS(=O)(=O)c1ccc(Br)c(F)c1)c1ccccc1. The van der Waals surface area contributed by atoms with Gasteiger partial charge in [-0.25, -0.2) is 17.5 Å². The molecule has 3 nitrogen and oxygen atoms in total. The van der Waals surface area contributed by atoms with Gasteiger partial charge in [0.1, 0.15) is 5.82 Å². The Labute approximate surface area is 126 Å². The molecule has 0 heterocycles. The Morgan fingerprint density at radius 2 is 1.80 bits per heavy atom. The van der Waals surface area contributed by atoms with Crippen LogP contribution in [0, 0.1) is 5.82 Å². The number of rotatable bonds is 4. The van der Waals surface area contributed by atoms with Gasteiger partial charge in [-0.2, -0.15) is 0 Å². The Hall–Kier alpha value is -1.24. The molecule has 0 aromatic heterocycles. The fourth-order valence-electron chi connectivity index (χ4n) is 1.75. The first kappa shape index (κ1) is 15.2. The van der Waals surface area contributed by atoms with Crippen LogP contribution in [-0.2, 0) is 10.0 Å². The van der Waals surface area contributed by atoms with E-state index in [1.165, 1.54) is 12.1 Å². The molecule has 0 amide bonds. The third kappa shape index (κ3) is 3.45. The maximum absolute atomic E-state index is 13.4. The van der Waals surface area contributed by atoms with Crippen LogP contribution in [0.25, 0.3) is 0 Å². The normalized spacial score (nSPS) is 13.2. The zero-order valence-corrected chi connectivity index (χ0v) is 13.1. The van der Waals surface area contributed by atoms with Gasteiger partial charge in [-0.05, 0) is 46.6 Å². The van der Waals surface area contributed by atoms with Gasteiger partial charge in [0, 0.05) is 6.04 Å². The van der Waals surface area contributed by atoms with E-state index in [1.54, 1.807) is 6.92 Å². The summed E-state index contributed by atoms with van der Waals surface area (Å²) in [6.07, 6.45) is 0. The van der Waals surface area contributed by atoms with E-state index in [2.05, 4.69) is 20.7 Å². The van der Waals surface area contributed by atoms with Crippen molar-refractivity contribution in [3.05, 3.63) is 64.4 Å². The molecular weight excluding hydrogens is 345 g/mol. The average molecular weight is 358 g/mol. The van der Waals surface area contributed by atoms with Crippen LogP contribution in [0.5, 0.6) is 0 Å². The number of nitrogens with one attached hydrogen (secondary N) is 1. The first-order chi connectivity index (χ1) is 9.40. The molecular formula is C14H13BrFNO2S. The Kier molecular flexibility index (Phi) is 4.57. The fraction of sp³-hybridized carbons (Fsp3) is 0.143. The summed E-state index contributed by atoms with van der Waals surface area (Å²) in [6.45, 7) is 1.74. The van der Waals surface area contributed by atoms with Gasteiger partial charge in [-0.1, -0.05) is 30.3 Å². The molecule has 0 bridgehead atoms. The third-order valence-electron chi connectivity index (χ3n) is 2.83. The first-order valence-electron chi connectivity index (χ1n) is 5.92. The summed E-state index contributed by atoms with van der Waals surface area (Å²) in [6, 6.07) is 12.5. The molecule has 0 aliphatic heterocycles. The van der Waals surface area contributed by atoms with E-state index in [1.807, 2.05) is 30.3 Å². The summed E-state index contributed by atoms with van der Waals surface area (Å²) in [4.78, 5) is -0.0963. The molecule has 1 N–H and O–H groups in total. The van der Waals surface area contributed by atoms with Gasteiger partial charge in [-0.15, -0.1) is 0 Å². The molecule has 0 fully saturated rings. The van der Waals surface area contributed by atoms with Gasteiger partial charge in [0.2, 0.25) is 10.0 Å². The van der Waals surface area contributed by atoms with E-state index in [0.717, 1.165) is 11.6 Å². The number of benzene rings is 2. The molecule has 2 rings (SSSR count). The van der Waals surface area contributed by atoms with Gasteiger partial charge < -0.3 is 0 Å². The van der Waals surface area contributed by atoms with Gasteiger partial charge in [0.05, 0.1) is 9.37 Å². The third-order valence-corrected chi connectivity index (χ3v) is 5.01. The minimum Gasteiger partial charge on any atom is -0.207 e. The van der Waals surface area contributed by atoms with Crippen molar-refractivity contribution in [2.75, 3.05) is 0 Å². The van der Waals surface area contributed by atoms with Gasteiger partial charge >= 0.3 is 0 Å². The fourth-order valence-corrected chi connectivity index (χ4v) is 3.24. The lowest BCUT2D eigenvalue weighted by Crippen LogP contribution is -2.27. The zero-order valence-electron chi connectivity index (χ0n) is 10.7. The van der Waals surface area contributed by atoms with Crippen molar-refractivity contribution in [2.45, 2.75) is 17.9 Å². The highest BCUT2D eigenvalue weighted by molar-refractivity contribution is 9.10. The molecule has 0 aliphatic carbocycles. The van der Waals surface area contributed by atoms with E-state index in [9.17, 15) is 12.8 Å². The smallest absolute Gasteiger partial charge is 0.207 e. The average Bonchev–Trinajstić information content (AvgIpc) is 2.42. The quantitative estimate of drug-likeness (QED) is 0.907. The van der Waals surface area contributed by atoms with Crippen molar-refractivity contribution >= 4 is 26.0 Å². The summed E-state index contributed by atoms with van der Waals surface area (Å²) in [5, 5.41) is 0. The lowest BCUT2D eigenvalue weighted by molar-refractivity contribution is 0.563. The highest BCUT2D eigenvalue weighted by Gasteiger charge is 2.19. The van der Waals surface area contributed by atoms with Crippen LogP contribution in [0.2, 0.25) is 0 Å². The van der Waals surface area contributed by atoms with Crippen molar-refractivity contribution in [1.82, 2.24) is 4.72 Å². The predicted molar refractivity (Wildman–Crippen MR) is 79.3 cm³/mol. The van der Waals surface area contributed by atoms with Crippen molar-refractivity contribution in [1.29, 1.82) is 0 Å². The molecule has 0 aliphatic rings. The maximum atomic E-state index is 13.4. The summed E-state index contributed by atoms with van der Waals surface area (Å²) in [5.74, 6) is -0.611. The summed E-state index contributed by atoms with van der Waals surface area (Å²) in [7, 11) is -3.76. The second-order valence-corrected chi connectivity index (χ2v) is 6.90. The molecule has 0 spiro atoms. The molecule has 0 radical (unpaired) electrons. The minimum atomic E-state index is -3.76. The largest absolute Gasteiger partial charge is 0.241 e. The molecule has 0 unspecified atom stereocenters. The summed E-state index contributed by atoms with van der Waals surface area (Å²) >= 11 is 2.99. The van der Waals surface area contributed by atoms with E-state index in [-0.39, 0.29) is 9.37 Å². The molecule has 106 valence electrons. The second-order valence-electron chi connectivity index (χ2n) is 4.33. The Balaban J connectivity index is 2.25. The van der Waals surface area contributed by atoms with Gasteiger partial charge in [0.25, 0.3) is 0 Å². The van der Waals surface area contributed by atoms with Crippen LogP contribution < -0.4 is 4.72 Å². The van der Waals surface area contributed by atoms with Crippen LogP contribution in [0.15, 0.2) is 57.9 Å². The molecule has 2 aromatic carbocycles. The van der Waals surface area contributed by atoms with E-state index in [4.69, 9.17) is 0 Å². The number of sulfonamides is 1. The van der Waals surface area contributed by atoms with E-state index < -0.39 is 21.9 Å². The van der Waals surface area contributed by atoms with E-state index in [0.29, 0.717) is 0 Å². The minimum absolute atomic E-state index is 0.0963. The highest BCUT2D eigenvalue weighted by atomic mass is 79.9. The maximum Gasteiger partial charge on any atom is 0.241 e. The van der Waals surface area contributed by atoms with Crippen molar-refractivity contribution in [3.8, 4) is 0 Å². The topological polar surface area (TPSA) is 46.2 Å². The highest BCUT2D eigenvalue weighted by Crippen LogP contribution is 2.21. The number of hydrogen-bond donors (Lipinski definition) is 1. The lowest BCUT2D eigenvalue weighted by atomic mass is 10.1. The lowest BCUT2D eigenvalue weighted by Gasteiger charge is -2.14. The molecule has 2 aromatic rings. The molecule has 1 atom stereocenters. The molecule has 6 heteroatoms. The van der Waals surface area contributed by atoms with E-state index >= 15 is 0 Å². The van der Waals surface area contributed by atoms with Crippen LogP contribution in [0.1, 0.15) is 18.5 Å². The Morgan fingerprint density at radius 1 is 1.15 bits per heavy atom. The molecule has 0 saturated carbocycles. The Bertz CT molecular complexity index is 704. The van der Waals surface area contributed by atoms with Crippen LogP contribution in [0.4, 0.5) is 4.39 Å².